The molecule has 0 aromatic heterocycles. The van der Waals surface area contributed by atoms with Crippen molar-refractivity contribution in [1.29, 1.82) is 0 Å². The van der Waals surface area contributed by atoms with E-state index in [4.69, 9.17) is 0 Å². The van der Waals surface area contributed by atoms with Gasteiger partial charge in [-0.1, -0.05) is 6.07 Å². The van der Waals surface area contributed by atoms with Crippen molar-refractivity contribution in [3.8, 4) is 0 Å². The van der Waals surface area contributed by atoms with Crippen LogP contribution in [0.25, 0.3) is 0 Å². The molecule has 0 saturated heterocycles. The largest absolute Gasteiger partial charge is 1.00 e. The molecule has 0 radical (unpaired) electrons. The summed E-state index contributed by atoms with van der Waals surface area (Å²) in [7, 11) is -4.49. The zero-order valence-electron chi connectivity index (χ0n) is 9.27. The number of anilines is 1. The fraction of sp³-hybridized carbons (Fsp3) is 0.222. The molecular formula is C9H10NNaO4S. The standard InChI is InChI=1S/C9H11NO4S.Na/c1-6-3-4-8(10-7(2)11)5-9(6)15(12,13)14;/h3-5H,1-2H3,(H,10,11)(H,12,13,14);/q;+1/p-1. The molecule has 0 fully saturated rings. The van der Waals surface area contributed by atoms with Crippen molar-refractivity contribution >= 4 is 21.7 Å². The number of hydrogen-bond donors (Lipinski definition) is 1. The molecule has 0 aliphatic rings. The van der Waals surface area contributed by atoms with Gasteiger partial charge in [0.1, 0.15) is 10.1 Å². The number of benzene rings is 1. The van der Waals surface area contributed by atoms with E-state index in [0.29, 0.717) is 11.3 Å². The van der Waals surface area contributed by atoms with Crippen LogP contribution in [-0.4, -0.2) is 18.9 Å². The van der Waals surface area contributed by atoms with Gasteiger partial charge in [-0.2, -0.15) is 0 Å². The van der Waals surface area contributed by atoms with Gasteiger partial charge in [-0.05, 0) is 24.6 Å². The predicted molar refractivity (Wildman–Crippen MR) is 53.4 cm³/mol. The van der Waals surface area contributed by atoms with Crippen LogP contribution >= 0.6 is 0 Å². The number of aryl methyl sites for hydroxylation is 1. The molecule has 1 rings (SSSR count). The predicted octanol–water partition coefficient (Wildman–Crippen LogP) is -2.14. The third kappa shape index (κ3) is 4.23. The number of rotatable bonds is 2. The summed E-state index contributed by atoms with van der Waals surface area (Å²) >= 11 is 0. The van der Waals surface area contributed by atoms with Crippen LogP contribution < -0.4 is 34.9 Å². The van der Waals surface area contributed by atoms with E-state index >= 15 is 0 Å². The van der Waals surface area contributed by atoms with Crippen LogP contribution in [0, 0.1) is 6.92 Å². The smallest absolute Gasteiger partial charge is 0.744 e. The topological polar surface area (TPSA) is 86.3 Å². The van der Waals surface area contributed by atoms with Gasteiger partial charge in [-0.15, -0.1) is 0 Å². The number of nitrogens with one attached hydrogen (secondary N) is 1. The molecule has 1 aromatic carbocycles. The second kappa shape index (κ2) is 5.79. The quantitative estimate of drug-likeness (QED) is 0.480. The Labute approximate surface area is 116 Å². The van der Waals surface area contributed by atoms with E-state index in [-0.39, 0.29) is 40.4 Å². The second-order valence-corrected chi connectivity index (χ2v) is 4.46. The molecule has 0 heterocycles. The third-order valence-corrected chi connectivity index (χ3v) is 2.76. The Morgan fingerprint density at radius 2 is 1.94 bits per heavy atom. The van der Waals surface area contributed by atoms with Crippen molar-refractivity contribution in [3.63, 3.8) is 0 Å². The Balaban J connectivity index is 0.00000225. The zero-order chi connectivity index (χ0) is 11.6. The summed E-state index contributed by atoms with van der Waals surface area (Å²) < 4.78 is 32.5. The summed E-state index contributed by atoms with van der Waals surface area (Å²) in [6.07, 6.45) is 0. The maximum absolute atomic E-state index is 10.8. The van der Waals surface area contributed by atoms with E-state index in [9.17, 15) is 17.8 Å². The Morgan fingerprint density at radius 3 is 2.38 bits per heavy atom. The molecule has 16 heavy (non-hydrogen) atoms. The van der Waals surface area contributed by atoms with Gasteiger partial charge in [0.15, 0.2) is 0 Å². The van der Waals surface area contributed by atoms with Crippen LogP contribution in [0.2, 0.25) is 0 Å². The zero-order valence-corrected chi connectivity index (χ0v) is 12.1. The average molecular weight is 251 g/mol. The Hall–Kier alpha value is -0.400. The summed E-state index contributed by atoms with van der Waals surface area (Å²) in [5, 5.41) is 2.40. The van der Waals surface area contributed by atoms with E-state index in [1.165, 1.54) is 26.0 Å². The van der Waals surface area contributed by atoms with E-state index in [1.54, 1.807) is 0 Å². The molecule has 0 bridgehead atoms. The molecule has 7 heteroatoms. The molecule has 5 nitrogen and oxygen atoms in total. The fourth-order valence-electron chi connectivity index (χ4n) is 1.15. The third-order valence-electron chi connectivity index (χ3n) is 1.78. The molecule has 0 spiro atoms. The van der Waals surface area contributed by atoms with Crippen molar-refractivity contribution in [3.05, 3.63) is 23.8 Å². The van der Waals surface area contributed by atoms with Crippen LogP contribution in [-0.2, 0) is 14.9 Å². The van der Waals surface area contributed by atoms with E-state index < -0.39 is 10.1 Å². The summed E-state index contributed by atoms with van der Waals surface area (Å²) in [6.45, 7) is 2.81. The van der Waals surface area contributed by atoms with Gasteiger partial charge in [-0.3, -0.25) is 4.79 Å². The number of hydrogen-bond acceptors (Lipinski definition) is 4. The molecule has 82 valence electrons. The summed E-state index contributed by atoms with van der Waals surface area (Å²) in [5.74, 6) is -0.326. The van der Waals surface area contributed by atoms with Gasteiger partial charge in [-0.25, -0.2) is 8.42 Å². The van der Waals surface area contributed by atoms with E-state index in [1.807, 2.05) is 0 Å². The number of amides is 1. The van der Waals surface area contributed by atoms with Crippen molar-refractivity contribution in [2.75, 3.05) is 5.32 Å². The molecule has 1 aromatic rings. The first-order valence-electron chi connectivity index (χ1n) is 4.15. The number of carbonyl (C=O) groups excluding carboxylic acids is 1. The molecule has 0 saturated carbocycles. The van der Waals surface area contributed by atoms with Gasteiger partial charge in [0.2, 0.25) is 5.91 Å². The SMILES string of the molecule is CC(=O)Nc1ccc(C)c(S(=O)(=O)[O-])c1.[Na+]. The van der Waals surface area contributed by atoms with E-state index in [2.05, 4.69) is 5.32 Å². The minimum absolute atomic E-state index is 0. The molecule has 0 aliphatic carbocycles. The molecule has 1 amide bonds. The van der Waals surface area contributed by atoms with Crippen LogP contribution in [0.15, 0.2) is 23.1 Å². The molecule has 0 aliphatic heterocycles. The van der Waals surface area contributed by atoms with Crippen LogP contribution in [0.1, 0.15) is 12.5 Å². The van der Waals surface area contributed by atoms with Gasteiger partial charge < -0.3 is 9.87 Å². The first-order valence-corrected chi connectivity index (χ1v) is 5.55. The molecule has 0 unspecified atom stereocenters. The normalized spacial score (nSPS) is 10.4. The Bertz CT molecular complexity index is 498. The molecule has 0 atom stereocenters. The van der Waals surface area contributed by atoms with Gasteiger partial charge in [0.25, 0.3) is 0 Å². The molecular weight excluding hydrogens is 241 g/mol. The number of carbonyl (C=O) groups is 1. The Morgan fingerprint density at radius 1 is 1.38 bits per heavy atom. The van der Waals surface area contributed by atoms with Crippen molar-refractivity contribution in [2.45, 2.75) is 18.7 Å². The minimum Gasteiger partial charge on any atom is -0.744 e. The van der Waals surface area contributed by atoms with Crippen molar-refractivity contribution in [2.24, 2.45) is 0 Å². The summed E-state index contributed by atoms with van der Waals surface area (Å²) in [4.78, 5) is 10.4. The van der Waals surface area contributed by atoms with Crippen LogP contribution in [0.4, 0.5) is 5.69 Å². The Kier molecular flexibility index (Phi) is 5.64. The van der Waals surface area contributed by atoms with Crippen LogP contribution in [0.3, 0.4) is 0 Å². The average Bonchev–Trinajstić information content (AvgIpc) is 2.05. The second-order valence-electron chi connectivity index (χ2n) is 3.12. The fourth-order valence-corrected chi connectivity index (χ4v) is 1.88. The van der Waals surface area contributed by atoms with Crippen molar-refractivity contribution < 1.29 is 47.3 Å². The first kappa shape index (κ1) is 15.6. The minimum atomic E-state index is -4.49. The monoisotopic (exact) mass is 251 g/mol. The maximum Gasteiger partial charge on any atom is 1.00 e. The van der Waals surface area contributed by atoms with Crippen molar-refractivity contribution in [1.82, 2.24) is 0 Å². The van der Waals surface area contributed by atoms with E-state index in [0.717, 1.165) is 6.07 Å². The summed E-state index contributed by atoms with van der Waals surface area (Å²) in [5.41, 5.74) is 0.654. The van der Waals surface area contributed by atoms with Gasteiger partial charge in [0, 0.05) is 12.6 Å². The first-order chi connectivity index (χ1) is 6.80. The molecule has 1 N–H and O–H groups in total. The maximum atomic E-state index is 10.8. The van der Waals surface area contributed by atoms with Gasteiger partial charge >= 0.3 is 29.6 Å². The van der Waals surface area contributed by atoms with Gasteiger partial charge in [0.05, 0.1) is 4.90 Å². The van der Waals surface area contributed by atoms with Crippen LogP contribution in [0.5, 0.6) is 0 Å². The summed E-state index contributed by atoms with van der Waals surface area (Å²) in [6, 6.07) is 4.15.